The highest BCUT2D eigenvalue weighted by molar-refractivity contribution is 6.76. The second-order valence-electron chi connectivity index (χ2n) is 7.54. The maximum absolute atomic E-state index is 11.3. The van der Waals surface area contributed by atoms with Crippen LogP contribution in [0.4, 0.5) is 4.79 Å². The minimum Gasteiger partial charge on any atom is -0.465 e. The van der Waals surface area contributed by atoms with Crippen molar-refractivity contribution in [1.29, 1.82) is 0 Å². The van der Waals surface area contributed by atoms with E-state index >= 15 is 0 Å². The van der Waals surface area contributed by atoms with E-state index in [0.29, 0.717) is 19.0 Å². The van der Waals surface area contributed by atoms with E-state index in [1.165, 1.54) is 37.0 Å². The van der Waals surface area contributed by atoms with Crippen LogP contribution < -0.4 is 5.73 Å². The predicted molar refractivity (Wildman–Crippen MR) is 86.9 cm³/mol. The van der Waals surface area contributed by atoms with Crippen molar-refractivity contribution in [3.05, 3.63) is 0 Å². The van der Waals surface area contributed by atoms with Crippen molar-refractivity contribution < 1.29 is 9.90 Å². The SMILES string of the molecule is C[Si](C)(C)CCN(CC(N)CC1CCCCC1)C(=O)O. The van der Waals surface area contributed by atoms with Gasteiger partial charge in [-0.15, -0.1) is 0 Å². The molecule has 0 aromatic rings. The highest BCUT2D eigenvalue weighted by Gasteiger charge is 2.22. The molecule has 1 amide bonds. The van der Waals surface area contributed by atoms with Crippen molar-refractivity contribution in [2.45, 2.75) is 70.3 Å². The van der Waals surface area contributed by atoms with Gasteiger partial charge in [-0.1, -0.05) is 51.7 Å². The molecule has 0 aliphatic heterocycles. The third kappa shape index (κ3) is 7.29. The van der Waals surface area contributed by atoms with Crippen molar-refractivity contribution in [3.8, 4) is 0 Å². The quantitative estimate of drug-likeness (QED) is 0.706. The molecule has 0 aromatic carbocycles. The molecule has 1 saturated carbocycles. The summed E-state index contributed by atoms with van der Waals surface area (Å²) in [6.07, 6.45) is 6.69. The Labute approximate surface area is 124 Å². The smallest absolute Gasteiger partial charge is 0.407 e. The summed E-state index contributed by atoms with van der Waals surface area (Å²) in [4.78, 5) is 12.9. The lowest BCUT2D eigenvalue weighted by atomic mass is 9.85. The number of carboxylic acid groups (broad SMARTS) is 1. The summed E-state index contributed by atoms with van der Waals surface area (Å²) in [6.45, 7) is 7.96. The molecule has 1 aliphatic rings. The van der Waals surface area contributed by atoms with E-state index in [9.17, 15) is 9.90 Å². The van der Waals surface area contributed by atoms with Crippen LogP contribution >= 0.6 is 0 Å². The van der Waals surface area contributed by atoms with Gasteiger partial charge in [0, 0.05) is 27.2 Å². The molecule has 0 heterocycles. The second kappa shape index (κ2) is 8.03. The monoisotopic (exact) mass is 300 g/mol. The number of rotatable bonds is 7. The molecule has 0 saturated heterocycles. The first-order chi connectivity index (χ1) is 9.28. The van der Waals surface area contributed by atoms with Crippen LogP contribution in [0.3, 0.4) is 0 Å². The first-order valence-electron chi connectivity index (χ1n) is 8.01. The van der Waals surface area contributed by atoms with Gasteiger partial charge in [0.2, 0.25) is 0 Å². The van der Waals surface area contributed by atoms with Crippen LogP contribution in [0.25, 0.3) is 0 Å². The molecule has 0 bridgehead atoms. The van der Waals surface area contributed by atoms with Gasteiger partial charge in [0.25, 0.3) is 0 Å². The Morgan fingerprint density at radius 1 is 1.30 bits per heavy atom. The maximum atomic E-state index is 11.3. The van der Waals surface area contributed by atoms with E-state index in [4.69, 9.17) is 5.73 Å². The average molecular weight is 301 g/mol. The minimum atomic E-state index is -1.21. The summed E-state index contributed by atoms with van der Waals surface area (Å²) in [5, 5.41) is 9.31. The molecule has 4 nitrogen and oxygen atoms in total. The fourth-order valence-corrected chi connectivity index (χ4v) is 3.88. The number of hydrogen-bond acceptors (Lipinski definition) is 2. The fraction of sp³-hybridized carbons (Fsp3) is 0.933. The van der Waals surface area contributed by atoms with Gasteiger partial charge in [-0.2, -0.15) is 0 Å². The molecule has 0 spiro atoms. The van der Waals surface area contributed by atoms with Gasteiger partial charge in [0.1, 0.15) is 0 Å². The van der Waals surface area contributed by atoms with Crippen molar-refractivity contribution in [1.82, 2.24) is 4.90 Å². The van der Waals surface area contributed by atoms with Gasteiger partial charge in [-0.05, 0) is 18.4 Å². The Morgan fingerprint density at radius 2 is 1.90 bits per heavy atom. The zero-order chi connectivity index (χ0) is 15.2. The van der Waals surface area contributed by atoms with Crippen molar-refractivity contribution >= 4 is 14.2 Å². The molecule has 3 N–H and O–H groups in total. The number of hydrogen-bond donors (Lipinski definition) is 2. The zero-order valence-corrected chi connectivity index (χ0v) is 14.4. The van der Waals surface area contributed by atoms with E-state index in [-0.39, 0.29) is 6.04 Å². The van der Waals surface area contributed by atoms with Crippen molar-refractivity contribution in [3.63, 3.8) is 0 Å². The van der Waals surface area contributed by atoms with Gasteiger partial charge in [-0.25, -0.2) is 4.79 Å². The van der Waals surface area contributed by atoms with Gasteiger partial charge in [0.05, 0.1) is 0 Å². The number of amides is 1. The van der Waals surface area contributed by atoms with Gasteiger partial charge >= 0.3 is 6.09 Å². The molecule has 0 radical (unpaired) electrons. The summed E-state index contributed by atoms with van der Waals surface area (Å²) >= 11 is 0. The highest BCUT2D eigenvalue weighted by Crippen LogP contribution is 2.27. The molecule has 1 unspecified atom stereocenters. The molecular formula is C15H32N2O2Si. The van der Waals surface area contributed by atoms with Crippen LogP contribution in [0.5, 0.6) is 0 Å². The number of nitrogens with two attached hydrogens (primary N) is 1. The van der Waals surface area contributed by atoms with E-state index in [2.05, 4.69) is 19.6 Å². The largest absolute Gasteiger partial charge is 0.465 e. The maximum Gasteiger partial charge on any atom is 0.407 e. The minimum absolute atomic E-state index is 0.00386. The number of carbonyl (C=O) groups is 1. The van der Waals surface area contributed by atoms with Crippen LogP contribution in [0, 0.1) is 5.92 Å². The molecule has 0 aromatic heterocycles. The van der Waals surface area contributed by atoms with E-state index in [0.717, 1.165) is 12.5 Å². The van der Waals surface area contributed by atoms with Crippen LogP contribution in [-0.4, -0.2) is 43.3 Å². The first kappa shape index (κ1) is 17.5. The lowest BCUT2D eigenvalue weighted by Gasteiger charge is -2.29. The number of nitrogens with zero attached hydrogens (tertiary/aromatic N) is 1. The van der Waals surface area contributed by atoms with Crippen LogP contribution in [0.1, 0.15) is 38.5 Å². The van der Waals surface area contributed by atoms with Crippen LogP contribution in [0.15, 0.2) is 0 Å². The molecule has 1 atom stereocenters. The summed E-state index contributed by atoms with van der Waals surface area (Å²) in [7, 11) is -1.21. The zero-order valence-electron chi connectivity index (χ0n) is 13.4. The molecule has 5 heteroatoms. The third-order valence-corrected chi connectivity index (χ3v) is 5.94. The Balaban J connectivity index is 2.37. The Bertz CT molecular complexity index is 299. The molecule has 20 heavy (non-hydrogen) atoms. The first-order valence-corrected chi connectivity index (χ1v) is 11.7. The Morgan fingerprint density at radius 3 is 2.40 bits per heavy atom. The van der Waals surface area contributed by atoms with Crippen LogP contribution in [-0.2, 0) is 0 Å². The molecule has 1 rings (SSSR count). The lowest BCUT2D eigenvalue weighted by molar-refractivity contribution is 0.142. The lowest BCUT2D eigenvalue weighted by Crippen LogP contribution is -2.43. The van der Waals surface area contributed by atoms with Crippen molar-refractivity contribution in [2.75, 3.05) is 13.1 Å². The summed E-state index contributed by atoms with van der Waals surface area (Å²) < 4.78 is 0. The summed E-state index contributed by atoms with van der Waals surface area (Å²) in [6, 6.07) is 1.01. The third-order valence-electron chi connectivity index (χ3n) is 4.22. The van der Waals surface area contributed by atoms with Gasteiger partial charge < -0.3 is 15.7 Å². The van der Waals surface area contributed by atoms with Gasteiger partial charge in [0.15, 0.2) is 0 Å². The van der Waals surface area contributed by atoms with Gasteiger partial charge in [-0.3, -0.25) is 0 Å². The topological polar surface area (TPSA) is 66.6 Å². The van der Waals surface area contributed by atoms with E-state index in [1.807, 2.05) is 0 Å². The summed E-state index contributed by atoms with van der Waals surface area (Å²) in [5.41, 5.74) is 6.19. The van der Waals surface area contributed by atoms with E-state index in [1.54, 1.807) is 0 Å². The normalized spacial score (nSPS) is 18.8. The predicted octanol–water partition coefficient (Wildman–Crippen LogP) is 3.60. The fourth-order valence-electron chi connectivity index (χ4n) is 2.94. The Hall–Kier alpha value is -0.553. The standard InChI is InChI=1S/C15H32N2O2Si/c1-20(2,3)10-9-17(15(18)19)12-14(16)11-13-7-5-4-6-8-13/h13-14H,4-12,16H2,1-3H3,(H,18,19). The Kier molecular flexibility index (Phi) is 7.02. The van der Waals surface area contributed by atoms with E-state index < -0.39 is 14.2 Å². The van der Waals surface area contributed by atoms with Crippen molar-refractivity contribution in [2.24, 2.45) is 11.7 Å². The summed E-state index contributed by atoms with van der Waals surface area (Å²) in [5.74, 6) is 0.714. The average Bonchev–Trinajstić information content (AvgIpc) is 2.34. The molecule has 1 aliphatic carbocycles. The van der Waals surface area contributed by atoms with Crippen LogP contribution in [0.2, 0.25) is 25.7 Å². The highest BCUT2D eigenvalue weighted by atomic mass is 28.3. The second-order valence-corrected chi connectivity index (χ2v) is 13.2. The molecule has 1 fully saturated rings. The molecular weight excluding hydrogens is 268 g/mol. The molecule has 118 valence electrons.